The molecule has 1 heterocycles. The van der Waals surface area contributed by atoms with Crippen LogP contribution in [0, 0.1) is 0 Å². The zero-order valence-electron chi connectivity index (χ0n) is 13.9. The number of nitrogens with zero attached hydrogens (tertiary/aromatic N) is 3. The molecule has 0 atom stereocenters. The lowest BCUT2D eigenvalue weighted by Gasteiger charge is -2.16. The number of thiocarbonyl (C=S) groups is 1. The molecule has 1 aromatic heterocycles. The molecule has 2 N–H and O–H groups in total. The van der Waals surface area contributed by atoms with Gasteiger partial charge in [0.05, 0.1) is 18.2 Å². The second-order valence-electron chi connectivity index (χ2n) is 4.77. The monoisotopic (exact) mass is 363 g/mol. The van der Waals surface area contributed by atoms with Crippen molar-refractivity contribution in [3.8, 4) is 5.75 Å². The van der Waals surface area contributed by atoms with Crippen LogP contribution in [0.3, 0.4) is 0 Å². The summed E-state index contributed by atoms with van der Waals surface area (Å²) >= 11 is 6.81. The molecule has 0 radical (unpaired) electrons. The van der Waals surface area contributed by atoms with Gasteiger partial charge in [0.1, 0.15) is 5.75 Å². The minimum Gasteiger partial charge on any atom is -0.497 e. The Morgan fingerprint density at radius 3 is 2.67 bits per heavy atom. The van der Waals surface area contributed by atoms with Gasteiger partial charge >= 0.3 is 0 Å². The van der Waals surface area contributed by atoms with Crippen LogP contribution in [0.4, 0.5) is 10.8 Å². The summed E-state index contributed by atoms with van der Waals surface area (Å²) < 4.78 is 5.11. The molecule has 0 aliphatic heterocycles. The number of rotatable bonds is 7. The molecule has 0 aliphatic carbocycles. The van der Waals surface area contributed by atoms with Crippen LogP contribution >= 0.6 is 23.6 Å². The average molecular weight is 364 g/mol. The van der Waals surface area contributed by atoms with Crippen LogP contribution in [-0.4, -0.2) is 36.5 Å². The molecule has 0 aliphatic rings. The van der Waals surface area contributed by atoms with Crippen molar-refractivity contribution >= 4 is 45.7 Å². The molecule has 2 aromatic rings. The largest absolute Gasteiger partial charge is 0.497 e. The van der Waals surface area contributed by atoms with Crippen molar-refractivity contribution in [3.05, 3.63) is 35.3 Å². The second-order valence-corrected chi connectivity index (χ2v) is 6.22. The minimum atomic E-state index is 0.421. The maximum absolute atomic E-state index is 5.21. The third kappa shape index (κ3) is 5.17. The van der Waals surface area contributed by atoms with Crippen LogP contribution in [0.1, 0.15) is 18.7 Å². The highest BCUT2D eigenvalue weighted by Gasteiger charge is 2.06. The van der Waals surface area contributed by atoms with Gasteiger partial charge in [0.2, 0.25) is 0 Å². The first-order chi connectivity index (χ1) is 11.7. The predicted octanol–water partition coefficient (Wildman–Crippen LogP) is 3.32. The number of benzene rings is 1. The average Bonchev–Trinajstić information content (AvgIpc) is 3.05. The lowest BCUT2D eigenvalue weighted by molar-refractivity contribution is 0.415. The zero-order valence-corrected chi connectivity index (χ0v) is 15.6. The molecule has 0 saturated heterocycles. The Labute approximate surface area is 151 Å². The lowest BCUT2D eigenvalue weighted by atomic mass is 10.3. The Morgan fingerprint density at radius 1 is 1.33 bits per heavy atom. The number of methoxy groups -OCH3 is 1. The summed E-state index contributed by atoms with van der Waals surface area (Å²) in [5, 5.41) is 8.62. The van der Waals surface area contributed by atoms with Crippen molar-refractivity contribution in [3.63, 3.8) is 0 Å². The van der Waals surface area contributed by atoms with E-state index in [0.29, 0.717) is 5.11 Å². The third-order valence-electron chi connectivity index (χ3n) is 3.25. The number of aromatic nitrogens is 1. The highest BCUT2D eigenvalue weighted by Crippen LogP contribution is 2.20. The maximum atomic E-state index is 5.21. The van der Waals surface area contributed by atoms with Crippen LogP contribution in [0.2, 0.25) is 0 Å². The molecule has 0 saturated carbocycles. The Morgan fingerprint density at radius 2 is 2.04 bits per heavy atom. The fourth-order valence-electron chi connectivity index (χ4n) is 1.96. The van der Waals surface area contributed by atoms with Gasteiger partial charge in [-0.1, -0.05) is 11.3 Å². The number of hydrazone groups is 1. The first kappa shape index (κ1) is 18.2. The highest BCUT2D eigenvalue weighted by molar-refractivity contribution is 7.80. The van der Waals surface area contributed by atoms with E-state index in [1.807, 2.05) is 30.5 Å². The van der Waals surface area contributed by atoms with Crippen molar-refractivity contribution in [2.24, 2.45) is 5.10 Å². The number of nitrogens with one attached hydrogen (secondary N) is 2. The van der Waals surface area contributed by atoms with E-state index in [1.165, 1.54) is 0 Å². The van der Waals surface area contributed by atoms with Gasteiger partial charge in [0.15, 0.2) is 10.2 Å². The Kier molecular flexibility index (Phi) is 6.95. The SMILES string of the molecule is CCN(CC)c1ncc(/C=N/NC(=S)Nc2ccc(OC)cc2)s1. The zero-order chi connectivity index (χ0) is 17.4. The van der Waals surface area contributed by atoms with Gasteiger partial charge in [0, 0.05) is 25.0 Å². The molecule has 24 heavy (non-hydrogen) atoms. The normalized spacial score (nSPS) is 10.6. The molecule has 0 fully saturated rings. The minimum absolute atomic E-state index is 0.421. The number of hydrogen-bond acceptors (Lipinski definition) is 6. The predicted molar refractivity (Wildman–Crippen MR) is 106 cm³/mol. The maximum Gasteiger partial charge on any atom is 0.191 e. The van der Waals surface area contributed by atoms with Gasteiger partial charge in [-0.15, -0.1) is 0 Å². The Hall–Kier alpha value is -2.19. The molecule has 0 bridgehead atoms. The summed E-state index contributed by atoms with van der Waals surface area (Å²) in [6.45, 7) is 6.11. The Balaban J connectivity index is 1.85. The number of anilines is 2. The molecule has 2 rings (SSSR count). The van der Waals surface area contributed by atoms with Gasteiger partial charge in [-0.2, -0.15) is 5.10 Å². The van der Waals surface area contributed by atoms with Gasteiger partial charge in [-0.3, -0.25) is 5.43 Å². The van der Waals surface area contributed by atoms with Crippen LogP contribution < -0.4 is 20.4 Å². The van der Waals surface area contributed by atoms with Crippen molar-refractivity contribution in [2.45, 2.75) is 13.8 Å². The molecular weight excluding hydrogens is 342 g/mol. The lowest BCUT2D eigenvalue weighted by Crippen LogP contribution is -2.23. The van der Waals surface area contributed by atoms with Crippen molar-refractivity contribution in [1.29, 1.82) is 0 Å². The van der Waals surface area contributed by atoms with Gasteiger partial charge in [-0.25, -0.2) is 4.98 Å². The highest BCUT2D eigenvalue weighted by atomic mass is 32.1. The van der Waals surface area contributed by atoms with Crippen molar-refractivity contribution < 1.29 is 4.74 Å². The number of ether oxygens (including phenoxy) is 1. The van der Waals surface area contributed by atoms with Crippen molar-refractivity contribution in [1.82, 2.24) is 10.4 Å². The quantitative estimate of drug-likeness (QED) is 0.447. The summed E-state index contributed by atoms with van der Waals surface area (Å²) in [6, 6.07) is 7.49. The molecule has 0 spiro atoms. The molecule has 0 unspecified atom stereocenters. The van der Waals surface area contributed by atoms with Crippen LogP contribution in [0.25, 0.3) is 0 Å². The number of hydrogen-bond donors (Lipinski definition) is 2. The first-order valence-corrected chi connectivity index (χ1v) is 8.83. The molecule has 1 aromatic carbocycles. The van der Waals surface area contributed by atoms with E-state index in [4.69, 9.17) is 17.0 Å². The molecule has 8 heteroatoms. The van der Waals surface area contributed by atoms with Gasteiger partial charge in [-0.05, 0) is 50.3 Å². The molecule has 128 valence electrons. The Bertz CT molecular complexity index is 680. The third-order valence-corrected chi connectivity index (χ3v) is 4.44. The van der Waals surface area contributed by atoms with E-state index in [1.54, 1.807) is 24.7 Å². The smallest absolute Gasteiger partial charge is 0.191 e. The van der Waals surface area contributed by atoms with E-state index >= 15 is 0 Å². The van der Waals surface area contributed by atoms with Crippen LogP contribution in [0.5, 0.6) is 5.75 Å². The molecule has 0 amide bonds. The summed E-state index contributed by atoms with van der Waals surface area (Å²) in [5.41, 5.74) is 3.66. The first-order valence-electron chi connectivity index (χ1n) is 7.61. The van der Waals surface area contributed by atoms with Gasteiger partial charge in [0.25, 0.3) is 0 Å². The fourth-order valence-corrected chi connectivity index (χ4v) is 3.05. The molecule has 6 nitrogen and oxygen atoms in total. The molecular formula is C16H21N5OS2. The van der Waals surface area contributed by atoms with E-state index in [-0.39, 0.29) is 0 Å². The topological polar surface area (TPSA) is 61.8 Å². The van der Waals surface area contributed by atoms with Crippen molar-refractivity contribution in [2.75, 3.05) is 30.4 Å². The summed E-state index contributed by atoms with van der Waals surface area (Å²) in [4.78, 5) is 7.57. The van der Waals surface area contributed by atoms with E-state index < -0.39 is 0 Å². The van der Waals surface area contributed by atoms with E-state index in [2.05, 4.69) is 39.6 Å². The standard InChI is InChI=1S/C16H21N5OS2/c1-4-21(5-2)16-17-10-14(24-16)11-18-20-15(23)19-12-6-8-13(22-3)9-7-12/h6-11H,4-5H2,1-3H3,(H2,19,20,23)/b18-11+. The number of thiazole rings is 1. The van der Waals surface area contributed by atoms with E-state index in [9.17, 15) is 0 Å². The second kappa shape index (κ2) is 9.19. The summed E-state index contributed by atoms with van der Waals surface area (Å²) in [6.07, 6.45) is 3.52. The summed E-state index contributed by atoms with van der Waals surface area (Å²) in [7, 11) is 1.63. The van der Waals surface area contributed by atoms with E-state index in [0.717, 1.165) is 34.5 Å². The van der Waals surface area contributed by atoms with Gasteiger partial charge < -0.3 is 15.0 Å². The fraction of sp³-hybridized carbons (Fsp3) is 0.312. The van der Waals surface area contributed by atoms with Crippen LogP contribution in [0.15, 0.2) is 35.6 Å². The van der Waals surface area contributed by atoms with Crippen LogP contribution in [-0.2, 0) is 0 Å². The summed E-state index contributed by atoms with van der Waals surface area (Å²) in [5.74, 6) is 0.798.